The molecule has 0 fully saturated rings. The molecule has 0 aromatic heterocycles. The number of hydrogen-bond acceptors (Lipinski definition) is 4. The van der Waals surface area contributed by atoms with Gasteiger partial charge in [0.2, 0.25) is 0 Å². The topological polar surface area (TPSA) is 80.3 Å². The number of aliphatic carboxylic acids is 2. The molecule has 0 heterocycles. The van der Waals surface area contributed by atoms with Crippen LogP contribution in [0.15, 0.2) is 12.2 Å². The molecular weight excluding hydrogens is 430 g/mol. The number of hydrogen-bond donors (Lipinski definition) is 0. The normalized spacial score (nSPS) is 11.6. The number of rotatable bonds is 21. The second kappa shape index (κ2) is 29.0. The molecule has 0 rings (SSSR count). The third kappa shape index (κ3) is 28.0. The van der Waals surface area contributed by atoms with Crippen molar-refractivity contribution in [3.63, 3.8) is 0 Å². The predicted molar refractivity (Wildman–Crippen MR) is 111 cm³/mol. The fraction of sp³-hybridized carbons (Fsp3) is 0.833. The molecule has 0 radical (unpaired) electrons. The van der Waals surface area contributed by atoms with Crippen LogP contribution in [0.2, 0.25) is 0 Å². The van der Waals surface area contributed by atoms with E-state index in [0.29, 0.717) is 6.42 Å². The summed E-state index contributed by atoms with van der Waals surface area (Å²) in [5.74, 6) is -3.48. The van der Waals surface area contributed by atoms with Gasteiger partial charge in [0.1, 0.15) is 0 Å². The quantitative estimate of drug-likeness (QED) is 0.118. The van der Waals surface area contributed by atoms with E-state index in [1.807, 2.05) is 0 Å². The molecule has 164 valence electrons. The zero-order valence-corrected chi connectivity index (χ0v) is 26.3. The summed E-state index contributed by atoms with van der Waals surface area (Å²) in [7, 11) is 0. The van der Waals surface area contributed by atoms with Crippen LogP contribution in [0.3, 0.4) is 0 Å². The summed E-state index contributed by atoms with van der Waals surface area (Å²) in [6.45, 7) is 2.21. The van der Waals surface area contributed by atoms with E-state index < -0.39 is 24.3 Å². The largest absolute Gasteiger partial charge is 1.00 e. The zero-order chi connectivity index (χ0) is 20.9. The fourth-order valence-corrected chi connectivity index (χ4v) is 3.50. The van der Waals surface area contributed by atoms with Gasteiger partial charge < -0.3 is 19.8 Å². The molecule has 30 heavy (non-hydrogen) atoms. The Morgan fingerprint density at radius 1 is 0.667 bits per heavy atom. The van der Waals surface area contributed by atoms with Crippen molar-refractivity contribution < 1.29 is 123 Å². The van der Waals surface area contributed by atoms with Crippen molar-refractivity contribution in [1.29, 1.82) is 0 Å². The number of carbonyl (C=O) groups is 2. The summed E-state index contributed by atoms with van der Waals surface area (Å²) >= 11 is 0. The second-order valence-corrected chi connectivity index (χ2v) is 8.03. The molecular formula is C24H42K2O4. The molecule has 0 aliphatic rings. The average molecular weight is 473 g/mol. The summed E-state index contributed by atoms with van der Waals surface area (Å²) in [6.07, 6.45) is 24.2. The molecule has 0 saturated heterocycles. The van der Waals surface area contributed by atoms with Crippen molar-refractivity contribution in [2.45, 2.75) is 122 Å². The Labute approximate surface area is 270 Å². The Balaban J connectivity index is -0.00000364. The molecule has 0 amide bonds. The summed E-state index contributed by atoms with van der Waals surface area (Å²) in [4.78, 5) is 21.3. The van der Waals surface area contributed by atoms with E-state index in [4.69, 9.17) is 0 Å². The van der Waals surface area contributed by atoms with Gasteiger partial charge in [-0.25, -0.2) is 0 Å². The summed E-state index contributed by atoms with van der Waals surface area (Å²) in [5, 5.41) is 21.3. The van der Waals surface area contributed by atoms with E-state index in [1.54, 1.807) is 0 Å². The first-order chi connectivity index (χ1) is 13.6. The number of carboxylic acids is 2. The van der Waals surface area contributed by atoms with E-state index in [2.05, 4.69) is 19.1 Å². The first-order valence-electron chi connectivity index (χ1n) is 11.6. The first-order valence-corrected chi connectivity index (χ1v) is 11.6. The Bertz CT molecular complexity index is 414. The molecule has 0 aliphatic heterocycles. The monoisotopic (exact) mass is 472 g/mol. The summed E-state index contributed by atoms with van der Waals surface area (Å²) in [5.41, 5.74) is 0. The molecule has 0 N–H and O–H groups in total. The Morgan fingerprint density at radius 3 is 1.47 bits per heavy atom. The molecule has 0 aliphatic carbocycles. The Hall–Kier alpha value is 1.95. The average Bonchev–Trinajstić information content (AvgIpc) is 2.65. The van der Waals surface area contributed by atoms with Crippen LogP contribution in [0, 0.1) is 5.92 Å². The molecule has 1 atom stereocenters. The van der Waals surface area contributed by atoms with Gasteiger partial charge in [-0.1, -0.05) is 103 Å². The van der Waals surface area contributed by atoms with Crippen LogP contribution in [0.25, 0.3) is 0 Å². The van der Waals surface area contributed by atoms with Crippen LogP contribution in [0.5, 0.6) is 0 Å². The van der Waals surface area contributed by atoms with Gasteiger partial charge in [-0.2, -0.15) is 0 Å². The van der Waals surface area contributed by atoms with Crippen molar-refractivity contribution >= 4 is 11.9 Å². The van der Waals surface area contributed by atoms with Gasteiger partial charge >= 0.3 is 103 Å². The maximum absolute atomic E-state index is 10.8. The third-order valence-electron chi connectivity index (χ3n) is 5.29. The van der Waals surface area contributed by atoms with Crippen LogP contribution in [0.1, 0.15) is 122 Å². The summed E-state index contributed by atoms with van der Waals surface area (Å²) < 4.78 is 0. The van der Waals surface area contributed by atoms with Crippen LogP contribution in [0.4, 0.5) is 0 Å². The molecule has 0 saturated carbocycles. The molecule has 6 heteroatoms. The Kier molecular flexibility index (Phi) is 35.3. The third-order valence-corrected chi connectivity index (χ3v) is 5.29. The van der Waals surface area contributed by atoms with Crippen molar-refractivity contribution in [3.05, 3.63) is 12.2 Å². The SMILES string of the molecule is CCC/C=C/CCCCCCCCCCCCCCCC(CC(=O)[O-])C(=O)[O-].[K+].[K+]. The van der Waals surface area contributed by atoms with Gasteiger partial charge in [-0.3, -0.25) is 0 Å². The first kappa shape index (κ1) is 36.5. The molecule has 0 aromatic carbocycles. The van der Waals surface area contributed by atoms with Gasteiger partial charge in [0, 0.05) is 17.9 Å². The smallest absolute Gasteiger partial charge is 0.550 e. The van der Waals surface area contributed by atoms with E-state index in [9.17, 15) is 19.8 Å². The standard InChI is InChI=1S/C24H44O4.2K/c1-2-3-4-5-6-7-8-9-10-11-12-13-14-15-16-17-18-19-20-22(24(27)28)21-23(25)26;;/h4-5,22H,2-3,6-21H2,1H3,(H,25,26)(H,27,28);;/q;2*+1/p-2/b5-4+;;. The molecule has 0 bridgehead atoms. The zero-order valence-electron chi connectivity index (χ0n) is 20.1. The minimum absolute atomic E-state index is 0. The second-order valence-electron chi connectivity index (χ2n) is 8.03. The molecule has 4 nitrogen and oxygen atoms in total. The van der Waals surface area contributed by atoms with Crippen LogP contribution in [-0.4, -0.2) is 11.9 Å². The van der Waals surface area contributed by atoms with Gasteiger partial charge in [-0.15, -0.1) is 0 Å². The van der Waals surface area contributed by atoms with Crippen molar-refractivity contribution in [3.8, 4) is 0 Å². The van der Waals surface area contributed by atoms with Crippen molar-refractivity contribution in [2.24, 2.45) is 5.92 Å². The van der Waals surface area contributed by atoms with Gasteiger partial charge in [0.25, 0.3) is 0 Å². The van der Waals surface area contributed by atoms with E-state index in [-0.39, 0.29) is 103 Å². The number of carbonyl (C=O) groups excluding carboxylic acids is 2. The molecule has 0 aromatic rings. The van der Waals surface area contributed by atoms with Crippen LogP contribution < -0.4 is 113 Å². The fourth-order valence-electron chi connectivity index (χ4n) is 3.50. The summed E-state index contributed by atoms with van der Waals surface area (Å²) in [6, 6.07) is 0. The van der Waals surface area contributed by atoms with Crippen molar-refractivity contribution in [1.82, 2.24) is 0 Å². The van der Waals surface area contributed by atoms with Crippen LogP contribution >= 0.6 is 0 Å². The maximum atomic E-state index is 10.8. The number of unbranched alkanes of at least 4 members (excludes halogenated alkanes) is 14. The number of carboxylic acid groups (broad SMARTS) is 2. The minimum Gasteiger partial charge on any atom is -0.550 e. The predicted octanol–water partition coefficient (Wildman–Crippen LogP) is -1.29. The van der Waals surface area contributed by atoms with E-state index in [1.165, 1.54) is 83.5 Å². The minimum atomic E-state index is -1.31. The van der Waals surface area contributed by atoms with Gasteiger partial charge in [0.05, 0.1) is 0 Å². The van der Waals surface area contributed by atoms with Crippen LogP contribution in [-0.2, 0) is 9.59 Å². The molecule has 1 unspecified atom stereocenters. The van der Waals surface area contributed by atoms with Gasteiger partial charge in [-0.05, 0) is 32.1 Å². The van der Waals surface area contributed by atoms with E-state index >= 15 is 0 Å². The van der Waals surface area contributed by atoms with E-state index in [0.717, 1.165) is 19.3 Å². The van der Waals surface area contributed by atoms with Gasteiger partial charge in [0.15, 0.2) is 0 Å². The molecule has 0 spiro atoms. The van der Waals surface area contributed by atoms with Crippen molar-refractivity contribution in [2.75, 3.05) is 0 Å². The maximum Gasteiger partial charge on any atom is 1.00 e. The Morgan fingerprint density at radius 2 is 1.07 bits per heavy atom. The number of allylic oxidation sites excluding steroid dienone is 2.